The van der Waals surface area contributed by atoms with Gasteiger partial charge >= 0.3 is 0 Å². The first kappa shape index (κ1) is 10.8. The van der Waals surface area contributed by atoms with E-state index in [0.29, 0.717) is 0 Å². The maximum Gasteiger partial charge on any atom is 0.251 e. The van der Waals surface area contributed by atoms with Crippen LogP contribution in [0.5, 0.6) is 0 Å². The summed E-state index contributed by atoms with van der Waals surface area (Å²) in [5, 5.41) is 6.34. The van der Waals surface area contributed by atoms with Crippen molar-refractivity contribution in [3.63, 3.8) is 0 Å². The number of hydrogen-bond acceptors (Lipinski definition) is 2. The molecule has 1 heterocycles. The number of benzene rings is 1. The van der Waals surface area contributed by atoms with Gasteiger partial charge < -0.3 is 10.6 Å². The zero-order valence-corrected chi connectivity index (χ0v) is 9.96. The minimum Gasteiger partial charge on any atom is -0.352 e. The molecule has 1 aromatic rings. The van der Waals surface area contributed by atoms with Gasteiger partial charge in [-0.15, -0.1) is 0 Å². The second-order valence-corrected chi connectivity index (χ2v) is 5.06. The van der Waals surface area contributed by atoms with Gasteiger partial charge in [0.2, 0.25) is 0 Å². The SMILES string of the molecule is O=C(NCC1CC1)c1ccc2c(c1)CNCC2. The number of carbonyl (C=O) groups is 1. The van der Waals surface area contributed by atoms with Crippen molar-refractivity contribution in [3.05, 3.63) is 34.9 Å². The third-order valence-electron chi connectivity index (χ3n) is 3.60. The van der Waals surface area contributed by atoms with Crippen LogP contribution in [0.15, 0.2) is 18.2 Å². The van der Waals surface area contributed by atoms with Gasteiger partial charge in [0.15, 0.2) is 0 Å². The van der Waals surface area contributed by atoms with E-state index in [1.807, 2.05) is 12.1 Å². The van der Waals surface area contributed by atoms with Gasteiger partial charge in [-0.1, -0.05) is 6.07 Å². The third-order valence-corrected chi connectivity index (χ3v) is 3.60. The predicted octanol–water partition coefficient (Wildman–Crippen LogP) is 1.47. The molecule has 2 aliphatic rings. The topological polar surface area (TPSA) is 41.1 Å². The Labute approximate surface area is 102 Å². The summed E-state index contributed by atoms with van der Waals surface area (Å²) in [6, 6.07) is 6.08. The third kappa shape index (κ3) is 2.50. The van der Waals surface area contributed by atoms with Gasteiger partial charge in [0.25, 0.3) is 5.91 Å². The first-order chi connectivity index (χ1) is 8.33. The van der Waals surface area contributed by atoms with Crippen LogP contribution in [-0.2, 0) is 13.0 Å². The number of carbonyl (C=O) groups excluding carboxylic acids is 1. The second-order valence-electron chi connectivity index (χ2n) is 5.06. The summed E-state index contributed by atoms with van der Waals surface area (Å²) in [4.78, 5) is 11.9. The van der Waals surface area contributed by atoms with E-state index in [0.717, 1.165) is 37.5 Å². The van der Waals surface area contributed by atoms with Crippen molar-refractivity contribution in [1.29, 1.82) is 0 Å². The first-order valence-corrected chi connectivity index (χ1v) is 6.43. The van der Waals surface area contributed by atoms with Gasteiger partial charge in [0.1, 0.15) is 0 Å². The summed E-state index contributed by atoms with van der Waals surface area (Å²) in [5.41, 5.74) is 3.45. The molecule has 0 bridgehead atoms. The molecule has 0 atom stereocenters. The van der Waals surface area contributed by atoms with E-state index in [-0.39, 0.29) is 5.91 Å². The Balaban J connectivity index is 1.70. The summed E-state index contributed by atoms with van der Waals surface area (Å²) in [6.45, 7) is 2.77. The highest BCUT2D eigenvalue weighted by atomic mass is 16.1. The minimum atomic E-state index is 0.0743. The quantitative estimate of drug-likeness (QED) is 0.825. The van der Waals surface area contributed by atoms with Crippen molar-refractivity contribution < 1.29 is 4.79 Å². The maximum absolute atomic E-state index is 11.9. The Hall–Kier alpha value is -1.35. The van der Waals surface area contributed by atoms with Crippen LogP contribution >= 0.6 is 0 Å². The highest BCUT2D eigenvalue weighted by Crippen LogP contribution is 2.27. The van der Waals surface area contributed by atoms with Crippen molar-refractivity contribution in [1.82, 2.24) is 10.6 Å². The summed E-state index contributed by atoms with van der Waals surface area (Å²) in [5.74, 6) is 0.809. The van der Waals surface area contributed by atoms with Crippen LogP contribution in [0.2, 0.25) is 0 Å². The standard InChI is InChI=1S/C14H18N2O/c17-14(16-8-10-1-2-10)12-4-3-11-5-6-15-9-13(11)7-12/h3-4,7,10,15H,1-2,5-6,8-9H2,(H,16,17). The Morgan fingerprint density at radius 3 is 3.06 bits per heavy atom. The average Bonchev–Trinajstić information content (AvgIpc) is 3.19. The van der Waals surface area contributed by atoms with Gasteiger partial charge in [-0.2, -0.15) is 0 Å². The lowest BCUT2D eigenvalue weighted by Crippen LogP contribution is -2.27. The van der Waals surface area contributed by atoms with Crippen molar-refractivity contribution >= 4 is 5.91 Å². The van der Waals surface area contributed by atoms with Crippen LogP contribution in [0.4, 0.5) is 0 Å². The molecule has 90 valence electrons. The molecule has 0 saturated heterocycles. The molecular formula is C14H18N2O. The van der Waals surface area contributed by atoms with Crippen LogP contribution < -0.4 is 10.6 Å². The van der Waals surface area contributed by atoms with E-state index < -0.39 is 0 Å². The molecule has 3 heteroatoms. The molecule has 0 unspecified atom stereocenters. The molecule has 3 rings (SSSR count). The van der Waals surface area contributed by atoms with Gasteiger partial charge in [-0.05, 0) is 55.0 Å². The molecule has 0 spiro atoms. The largest absolute Gasteiger partial charge is 0.352 e. The highest BCUT2D eigenvalue weighted by molar-refractivity contribution is 5.94. The first-order valence-electron chi connectivity index (χ1n) is 6.43. The van der Waals surface area contributed by atoms with Crippen LogP contribution in [0.1, 0.15) is 34.3 Å². The molecule has 1 saturated carbocycles. The predicted molar refractivity (Wildman–Crippen MR) is 66.9 cm³/mol. The maximum atomic E-state index is 11.9. The fourth-order valence-electron chi connectivity index (χ4n) is 2.28. The number of amides is 1. The minimum absolute atomic E-state index is 0.0743. The Bertz CT molecular complexity index is 438. The lowest BCUT2D eigenvalue weighted by Gasteiger charge is -2.17. The molecule has 0 radical (unpaired) electrons. The fourth-order valence-corrected chi connectivity index (χ4v) is 2.28. The summed E-state index contributed by atoms with van der Waals surface area (Å²) in [7, 11) is 0. The Kier molecular flexibility index (Phi) is 2.85. The molecular weight excluding hydrogens is 212 g/mol. The van der Waals surface area contributed by atoms with Crippen LogP contribution in [0, 0.1) is 5.92 Å². The number of rotatable bonds is 3. The Morgan fingerprint density at radius 2 is 2.24 bits per heavy atom. The van der Waals surface area contributed by atoms with E-state index in [2.05, 4.69) is 16.7 Å². The van der Waals surface area contributed by atoms with E-state index in [1.54, 1.807) is 0 Å². The lowest BCUT2D eigenvalue weighted by molar-refractivity contribution is 0.0951. The van der Waals surface area contributed by atoms with Crippen LogP contribution in [0.25, 0.3) is 0 Å². The summed E-state index contributed by atoms with van der Waals surface area (Å²) >= 11 is 0. The number of fused-ring (bicyclic) bond motifs is 1. The lowest BCUT2D eigenvalue weighted by atomic mass is 9.98. The summed E-state index contributed by atoms with van der Waals surface area (Å²) < 4.78 is 0. The van der Waals surface area contributed by atoms with Crippen molar-refractivity contribution in [2.45, 2.75) is 25.8 Å². The molecule has 1 amide bonds. The van der Waals surface area contributed by atoms with Crippen LogP contribution in [-0.4, -0.2) is 19.0 Å². The number of hydrogen-bond donors (Lipinski definition) is 2. The number of nitrogens with one attached hydrogen (secondary N) is 2. The van der Waals surface area contributed by atoms with E-state index in [1.165, 1.54) is 24.0 Å². The molecule has 2 N–H and O–H groups in total. The van der Waals surface area contributed by atoms with Crippen LogP contribution in [0.3, 0.4) is 0 Å². The molecule has 0 aromatic heterocycles. The molecule has 1 aromatic carbocycles. The molecule has 1 aliphatic carbocycles. The fraction of sp³-hybridized carbons (Fsp3) is 0.500. The smallest absolute Gasteiger partial charge is 0.251 e. The molecule has 17 heavy (non-hydrogen) atoms. The van der Waals surface area contributed by atoms with Crippen molar-refractivity contribution in [2.75, 3.05) is 13.1 Å². The zero-order valence-electron chi connectivity index (χ0n) is 9.96. The molecule has 3 nitrogen and oxygen atoms in total. The van der Waals surface area contributed by atoms with E-state index >= 15 is 0 Å². The van der Waals surface area contributed by atoms with E-state index in [4.69, 9.17) is 0 Å². The van der Waals surface area contributed by atoms with Crippen molar-refractivity contribution in [3.8, 4) is 0 Å². The van der Waals surface area contributed by atoms with Gasteiger partial charge in [-0.3, -0.25) is 4.79 Å². The van der Waals surface area contributed by atoms with E-state index in [9.17, 15) is 4.79 Å². The van der Waals surface area contributed by atoms with Gasteiger partial charge in [0, 0.05) is 18.7 Å². The van der Waals surface area contributed by atoms with Gasteiger partial charge in [0.05, 0.1) is 0 Å². The molecule has 1 aliphatic heterocycles. The zero-order chi connectivity index (χ0) is 11.7. The average molecular weight is 230 g/mol. The van der Waals surface area contributed by atoms with Crippen molar-refractivity contribution in [2.24, 2.45) is 5.92 Å². The Morgan fingerprint density at radius 1 is 1.35 bits per heavy atom. The monoisotopic (exact) mass is 230 g/mol. The van der Waals surface area contributed by atoms with Gasteiger partial charge in [-0.25, -0.2) is 0 Å². The molecule has 1 fully saturated rings. The highest BCUT2D eigenvalue weighted by Gasteiger charge is 2.22. The second kappa shape index (κ2) is 4.49. The summed E-state index contributed by atoms with van der Waals surface area (Å²) in [6.07, 6.45) is 3.61. The normalized spacial score (nSPS) is 18.6.